The van der Waals surface area contributed by atoms with Gasteiger partial charge in [-0.3, -0.25) is 0 Å². The summed E-state index contributed by atoms with van der Waals surface area (Å²) in [6.07, 6.45) is 0.203. The maximum absolute atomic E-state index is 10.3. The van der Waals surface area contributed by atoms with Crippen molar-refractivity contribution in [1.29, 1.82) is 0 Å². The summed E-state index contributed by atoms with van der Waals surface area (Å²) in [6, 6.07) is 17.7. The number of benzene rings is 2. The van der Waals surface area contributed by atoms with Gasteiger partial charge in [-0.15, -0.1) is 0 Å². The van der Waals surface area contributed by atoms with Gasteiger partial charge in [0, 0.05) is 23.8 Å². The van der Waals surface area contributed by atoms with E-state index in [9.17, 15) is 5.11 Å². The zero-order valence-corrected chi connectivity index (χ0v) is 12.4. The van der Waals surface area contributed by atoms with Crippen molar-refractivity contribution in [1.82, 2.24) is 0 Å². The first-order valence-electron chi connectivity index (χ1n) is 6.94. The lowest BCUT2D eigenvalue weighted by Gasteiger charge is -2.24. The van der Waals surface area contributed by atoms with Crippen LogP contribution >= 0.6 is 11.6 Å². The topological polar surface area (TPSA) is 23.5 Å². The molecule has 106 valence electrons. The van der Waals surface area contributed by atoms with E-state index in [2.05, 4.69) is 24.0 Å². The molecule has 0 radical (unpaired) electrons. The predicted molar refractivity (Wildman–Crippen MR) is 85.4 cm³/mol. The highest BCUT2D eigenvalue weighted by atomic mass is 35.5. The zero-order valence-electron chi connectivity index (χ0n) is 11.7. The minimum Gasteiger partial charge on any atom is -0.388 e. The van der Waals surface area contributed by atoms with Crippen molar-refractivity contribution in [3.63, 3.8) is 0 Å². The molecule has 2 aromatic rings. The zero-order chi connectivity index (χ0) is 14.4. The Morgan fingerprint density at radius 3 is 2.50 bits per heavy atom. The van der Waals surface area contributed by atoms with E-state index in [1.165, 1.54) is 5.69 Å². The van der Waals surface area contributed by atoms with Gasteiger partial charge in [0.15, 0.2) is 0 Å². The molecule has 20 heavy (non-hydrogen) atoms. The lowest BCUT2D eigenvalue weighted by atomic mass is 10.1. The molecule has 1 N–H and O–H groups in total. The molecule has 0 heterocycles. The highest BCUT2D eigenvalue weighted by Crippen LogP contribution is 2.22. The third-order valence-electron chi connectivity index (χ3n) is 3.41. The van der Waals surface area contributed by atoms with Gasteiger partial charge < -0.3 is 10.0 Å². The van der Waals surface area contributed by atoms with E-state index < -0.39 is 6.10 Å². The maximum atomic E-state index is 10.3. The number of nitrogens with zero attached hydrogens (tertiary/aromatic N) is 1. The highest BCUT2D eigenvalue weighted by molar-refractivity contribution is 6.30. The Morgan fingerprint density at radius 2 is 1.85 bits per heavy atom. The lowest BCUT2D eigenvalue weighted by molar-refractivity contribution is 0.169. The van der Waals surface area contributed by atoms with Crippen molar-refractivity contribution < 1.29 is 5.11 Å². The minimum absolute atomic E-state index is 0.480. The van der Waals surface area contributed by atoms with Crippen LogP contribution in [-0.4, -0.2) is 18.2 Å². The van der Waals surface area contributed by atoms with Crippen molar-refractivity contribution in [3.8, 4) is 0 Å². The molecule has 0 spiro atoms. The van der Waals surface area contributed by atoms with E-state index in [-0.39, 0.29) is 0 Å². The molecular weight excluding hydrogens is 270 g/mol. The van der Waals surface area contributed by atoms with E-state index in [0.717, 1.165) is 18.7 Å². The van der Waals surface area contributed by atoms with Crippen LogP contribution in [-0.2, 0) is 0 Å². The van der Waals surface area contributed by atoms with Crippen LogP contribution in [0.5, 0.6) is 0 Å². The average molecular weight is 290 g/mol. The number of hydrogen-bond donors (Lipinski definition) is 1. The van der Waals surface area contributed by atoms with Gasteiger partial charge in [0.25, 0.3) is 0 Å². The Hall–Kier alpha value is -1.51. The number of para-hydroxylation sites is 1. The number of aliphatic hydroxyl groups excluding tert-OH is 1. The molecule has 2 nitrogen and oxygen atoms in total. The Balaban J connectivity index is 1.96. The highest BCUT2D eigenvalue weighted by Gasteiger charge is 2.11. The summed E-state index contributed by atoms with van der Waals surface area (Å²) in [4.78, 5) is 2.26. The molecule has 1 unspecified atom stereocenters. The van der Waals surface area contributed by atoms with E-state index in [1.807, 2.05) is 42.5 Å². The van der Waals surface area contributed by atoms with E-state index in [0.29, 0.717) is 11.4 Å². The molecule has 0 bridgehead atoms. The molecule has 0 saturated carbocycles. The van der Waals surface area contributed by atoms with Gasteiger partial charge in [-0.1, -0.05) is 41.9 Å². The van der Waals surface area contributed by atoms with Crippen LogP contribution < -0.4 is 4.90 Å². The maximum Gasteiger partial charge on any atom is 0.0807 e. The summed E-state index contributed by atoms with van der Waals surface area (Å²) >= 11 is 5.95. The molecule has 2 aromatic carbocycles. The molecule has 0 aliphatic rings. The molecule has 0 saturated heterocycles. The van der Waals surface area contributed by atoms with Crippen molar-refractivity contribution in [2.45, 2.75) is 19.4 Å². The largest absolute Gasteiger partial charge is 0.388 e. The van der Waals surface area contributed by atoms with Gasteiger partial charge in [-0.05, 0) is 43.2 Å². The predicted octanol–water partition coefficient (Wildman–Crippen LogP) is 4.29. The van der Waals surface area contributed by atoms with Crippen LogP contribution in [0.2, 0.25) is 5.02 Å². The molecule has 2 rings (SSSR count). The van der Waals surface area contributed by atoms with Crippen LogP contribution in [0.4, 0.5) is 5.69 Å². The van der Waals surface area contributed by atoms with Crippen LogP contribution in [0.25, 0.3) is 0 Å². The van der Waals surface area contributed by atoms with Gasteiger partial charge in [-0.2, -0.15) is 0 Å². The number of rotatable bonds is 6. The van der Waals surface area contributed by atoms with Gasteiger partial charge in [-0.25, -0.2) is 0 Å². The quantitative estimate of drug-likeness (QED) is 0.857. The Morgan fingerprint density at radius 1 is 1.10 bits per heavy atom. The van der Waals surface area contributed by atoms with Crippen LogP contribution in [0.1, 0.15) is 25.0 Å². The minimum atomic E-state index is -0.480. The number of halogens is 1. The van der Waals surface area contributed by atoms with Crippen molar-refractivity contribution in [2.75, 3.05) is 18.0 Å². The third-order valence-corrected chi connectivity index (χ3v) is 3.64. The van der Waals surface area contributed by atoms with Gasteiger partial charge >= 0.3 is 0 Å². The first kappa shape index (κ1) is 14.9. The molecule has 0 fully saturated rings. The summed E-state index contributed by atoms with van der Waals surface area (Å²) < 4.78 is 0. The summed E-state index contributed by atoms with van der Waals surface area (Å²) in [5, 5.41) is 10.9. The normalized spacial score (nSPS) is 12.2. The van der Waals surface area contributed by atoms with Crippen LogP contribution in [0.15, 0.2) is 54.6 Å². The van der Waals surface area contributed by atoms with Crippen molar-refractivity contribution in [3.05, 3.63) is 65.2 Å². The Bertz CT molecular complexity index is 530. The van der Waals surface area contributed by atoms with Crippen molar-refractivity contribution >= 4 is 17.3 Å². The molecular formula is C17H20ClNO. The fourth-order valence-corrected chi connectivity index (χ4v) is 2.47. The Kier molecular flexibility index (Phi) is 5.45. The van der Waals surface area contributed by atoms with Gasteiger partial charge in [0.05, 0.1) is 6.10 Å². The first-order valence-corrected chi connectivity index (χ1v) is 7.32. The SMILES string of the molecule is CCN(CCC(O)c1cccc(Cl)c1)c1ccccc1. The second-order valence-electron chi connectivity index (χ2n) is 4.77. The van der Waals surface area contributed by atoms with E-state index in [1.54, 1.807) is 0 Å². The summed E-state index contributed by atoms with van der Waals surface area (Å²) in [5.74, 6) is 0. The Labute approximate surface area is 125 Å². The molecule has 0 amide bonds. The second-order valence-corrected chi connectivity index (χ2v) is 5.21. The third kappa shape index (κ3) is 3.99. The van der Waals surface area contributed by atoms with Crippen LogP contribution in [0.3, 0.4) is 0 Å². The fourth-order valence-electron chi connectivity index (χ4n) is 2.27. The van der Waals surface area contributed by atoms with E-state index in [4.69, 9.17) is 11.6 Å². The molecule has 0 aliphatic carbocycles. The molecule has 0 aromatic heterocycles. The average Bonchev–Trinajstić information content (AvgIpc) is 2.49. The molecule has 1 atom stereocenters. The number of hydrogen-bond acceptors (Lipinski definition) is 2. The van der Waals surface area contributed by atoms with E-state index >= 15 is 0 Å². The summed E-state index contributed by atoms with van der Waals surface area (Å²) in [5.41, 5.74) is 2.06. The second kappa shape index (κ2) is 7.32. The molecule has 0 aliphatic heterocycles. The number of aliphatic hydroxyl groups is 1. The standard InChI is InChI=1S/C17H20ClNO/c1-2-19(16-9-4-3-5-10-16)12-11-17(20)14-7-6-8-15(18)13-14/h3-10,13,17,20H,2,11-12H2,1H3. The smallest absolute Gasteiger partial charge is 0.0807 e. The molecule has 3 heteroatoms. The van der Waals surface area contributed by atoms with Crippen molar-refractivity contribution in [2.24, 2.45) is 0 Å². The van der Waals surface area contributed by atoms with Gasteiger partial charge in [0.2, 0.25) is 0 Å². The lowest BCUT2D eigenvalue weighted by Crippen LogP contribution is -2.25. The monoisotopic (exact) mass is 289 g/mol. The summed E-state index contributed by atoms with van der Waals surface area (Å²) in [6.45, 7) is 3.86. The number of anilines is 1. The summed E-state index contributed by atoms with van der Waals surface area (Å²) in [7, 11) is 0. The van der Waals surface area contributed by atoms with Crippen LogP contribution in [0, 0.1) is 0 Å². The fraction of sp³-hybridized carbons (Fsp3) is 0.294. The first-order chi connectivity index (χ1) is 9.70. The van der Waals surface area contributed by atoms with Gasteiger partial charge in [0.1, 0.15) is 0 Å².